The highest BCUT2D eigenvalue weighted by Gasteiger charge is 2.13. The maximum atomic E-state index is 12.4. The van der Waals surface area contributed by atoms with Crippen LogP contribution in [0.5, 0.6) is 5.75 Å². The summed E-state index contributed by atoms with van der Waals surface area (Å²) >= 11 is 5.23. The Morgan fingerprint density at radius 1 is 1.03 bits per heavy atom. The molecule has 8 heteroatoms. The van der Waals surface area contributed by atoms with Gasteiger partial charge >= 0.3 is 0 Å². The van der Waals surface area contributed by atoms with E-state index in [1.165, 1.54) is 0 Å². The molecule has 0 atom stereocenters. The minimum absolute atomic E-state index is 0.00212. The zero-order chi connectivity index (χ0) is 21.8. The lowest BCUT2D eigenvalue weighted by molar-refractivity contribution is 0.0950. The van der Waals surface area contributed by atoms with Crippen molar-refractivity contribution in [3.8, 4) is 5.75 Å². The van der Waals surface area contributed by atoms with Crippen LogP contribution in [0, 0.1) is 0 Å². The van der Waals surface area contributed by atoms with Crippen LogP contribution in [0.4, 0.5) is 5.69 Å². The lowest BCUT2D eigenvalue weighted by Crippen LogP contribution is -2.35. The molecule has 0 saturated heterocycles. The van der Waals surface area contributed by atoms with Gasteiger partial charge < -0.3 is 20.5 Å². The van der Waals surface area contributed by atoms with E-state index in [1.54, 1.807) is 48.5 Å². The summed E-state index contributed by atoms with van der Waals surface area (Å²) in [5.41, 5.74) is 1.31. The summed E-state index contributed by atoms with van der Waals surface area (Å²) in [6, 6.07) is 13.7. The highest BCUT2D eigenvalue weighted by Crippen LogP contribution is 2.16. The van der Waals surface area contributed by atoms with Gasteiger partial charge in [-0.1, -0.05) is 25.5 Å². The molecule has 0 aliphatic heterocycles. The molecule has 30 heavy (non-hydrogen) atoms. The number of carbonyl (C=O) groups is 2. The fraction of sp³-hybridized carbons (Fsp3) is 0.318. The molecule has 0 spiro atoms. The fourth-order valence-corrected chi connectivity index (χ4v) is 2.73. The molecule has 0 heterocycles. The Kier molecular flexibility index (Phi) is 9.76. The smallest absolute Gasteiger partial charge is 0.257 e. The number of anilines is 1. The van der Waals surface area contributed by atoms with Crippen molar-refractivity contribution in [1.82, 2.24) is 10.6 Å². The molecule has 4 N–H and O–H groups in total. The van der Waals surface area contributed by atoms with Crippen LogP contribution in [0.3, 0.4) is 0 Å². The molecule has 2 aromatic carbocycles. The number of nitrogens with one attached hydrogen (secondary N) is 3. The number of hydrogen-bond donors (Lipinski definition) is 4. The topological polar surface area (TPSA) is 99.7 Å². The van der Waals surface area contributed by atoms with E-state index in [0.717, 1.165) is 12.8 Å². The first-order valence-electron chi connectivity index (χ1n) is 9.88. The SMILES string of the molecule is CCCCOc1ccc(C(=O)NC(=S)Nc2ccccc2C(=O)NCCCO)cc1. The van der Waals surface area contributed by atoms with Crippen molar-refractivity contribution in [3.63, 3.8) is 0 Å². The van der Waals surface area contributed by atoms with E-state index >= 15 is 0 Å². The largest absolute Gasteiger partial charge is 0.494 e. The van der Waals surface area contributed by atoms with Gasteiger partial charge in [0.25, 0.3) is 11.8 Å². The summed E-state index contributed by atoms with van der Waals surface area (Å²) in [6.07, 6.45) is 2.50. The summed E-state index contributed by atoms with van der Waals surface area (Å²) < 4.78 is 5.59. The third-order valence-corrected chi connectivity index (χ3v) is 4.35. The number of rotatable bonds is 10. The van der Waals surface area contributed by atoms with E-state index in [4.69, 9.17) is 22.1 Å². The maximum Gasteiger partial charge on any atom is 0.257 e. The molecule has 0 radical (unpaired) electrons. The van der Waals surface area contributed by atoms with Crippen molar-refractivity contribution in [1.29, 1.82) is 0 Å². The molecule has 0 aliphatic rings. The van der Waals surface area contributed by atoms with E-state index in [-0.39, 0.29) is 23.5 Å². The number of aliphatic hydroxyl groups excluding tert-OH is 1. The lowest BCUT2D eigenvalue weighted by Gasteiger charge is -2.13. The normalized spacial score (nSPS) is 10.2. The Morgan fingerprint density at radius 2 is 1.77 bits per heavy atom. The Bertz CT molecular complexity index is 856. The minimum atomic E-state index is -0.363. The van der Waals surface area contributed by atoms with Crippen molar-refractivity contribution in [2.45, 2.75) is 26.2 Å². The Hall–Kier alpha value is -2.97. The van der Waals surface area contributed by atoms with Gasteiger partial charge in [0, 0.05) is 18.7 Å². The van der Waals surface area contributed by atoms with Crippen LogP contribution >= 0.6 is 12.2 Å². The fourth-order valence-electron chi connectivity index (χ4n) is 2.53. The first kappa shape index (κ1) is 23.3. The van der Waals surface area contributed by atoms with E-state index in [2.05, 4.69) is 22.9 Å². The van der Waals surface area contributed by atoms with Crippen LogP contribution in [0.1, 0.15) is 46.9 Å². The van der Waals surface area contributed by atoms with Crippen LogP contribution in [0.15, 0.2) is 48.5 Å². The number of benzene rings is 2. The molecular formula is C22H27N3O4S. The number of ether oxygens (including phenoxy) is 1. The maximum absolute atomic E-state index is 12.4. The van der Waals surface area contributed by atoms with Crippen LogP contribution in [0.25, 0.3) is 0 Å². The minimum Gasteiger partial charge on any atom is -0.494 e. The van der Waals surface area contributed by atoms with Crippen molar-refractivity contribution in [2.75, 3.05) is 25.1 Å². The summed E-state index contributed by atoms with van der Waals surface area (Å²) in [6.45, 7) is 3.10. The van der Waals surface area contributed by atoms with Crippen molar-refractivity contribution in [2.24, 2.45) is 0 Å². The van der Waals surface area contributed by atoms with E-state index in [0.29, 0.717) is 42.1 Å². The first-order chi connectivity index (χ1) is 14.5. The Labute approximate surface area is 181 Å². The van der Waals surface area contributed by atoms with Gasteiger partial charge in [-0.25, -0.2) is 0 Å². The number of thiocarbonyl (C=S) groups is 1. The number of carbonyl (C=O) groups excluding carboxylic acids is 2. The zero-order valence-corrected chi connectivity index (χ0v) is 17.8. The van der Waals surface area contributed by atoms with Gasteiger partial charge in [0.1, 0.15) is 5.75 Å². The van der Waals surface area contributed by atoms with E-state index in [1.807, 2.05) is 0 Å². The Morgan fingerprint density at radius 3 is 2.47 bits per heavy atom. The first-order valence-corrected chi connectivity index (χ1v) is 10.3. The standard InChI is InChI=1S/C22H27N3O4S/c1-2-3-15-29-17-11-9-16(10-12-17)20(27)25-22(30)24-19-8-5-4-7-18(19)21(28)23-13-6-14-26/h4-5,7-12,26H,2-3,6,13-15H2,1H3,(H,23,28)(H2,24,25,27,30). The molecule has 160 valence electrons. The Balaban J connectivity index is 1.94. The zero-order valence-electron chi connectivity index (χ0n) is 16.9. The molecule has 2 amide bonds. The molecule has 0 bridgehead atoms. The third kappa shape index (κ3) is 7.46. The van der Waals surface area contributed by atoms with Gasteiger partial charge in [-0.05, 0) is 61.5 Å². The van der Waals surface area contributed by atoms with E-state index in [9.17, 15) is 9.59 Å². The molecule has 0 unspecified atom stereocenters. The van der Waals surface area contributed by atoms with Crippen molar-refractivity contribution >= 4 is 34.8 Å². The molecule has 0 aromatic heterocycles. The molecular weight excluding hydrogens is 402 g/mol. The highest BCUT2D eigenvalue weighted by atomic mass is 32.1. The molecule has 0 saturated carbocycles. The second-order valence-corrected chi connectivity index (χ2v) is 6.92. The number of amides is 2. The number of hydrogen-bond acceptors (Lipinski definition) is 5. The average molecular weight is 430 g/mol. The number of unbranched alkanes of at least 4 members (excludes halogenated alkanes) is 1. The predicted molar refractivity (Wildman–Crippen MR) is 121 cm³/mol. The summed E-state index contributed by atoms with van der Waals surface area (Å²) in [5, 5.41) is 17.1. The lowest BCUT2D eigenvalue weighted by atomic mass is 10.1. The van der Waals surface area contributed by atoms with Gasteiger partial charge in [-0.2, -0.15) is 0 Å². The monoisotopic (exact) mass is 429 g/mol. The second-order valence-electron chi connectivity index (χ2n) is 6.51. The number of aliphatic hydroxyl groups is 1. The van der Waals surface area contributed by atoms with Gasteiger partial charge in [0.2, 0.25) is 0 Å². The van der Waals surface area contributed by atoms with E-state index < -0.39 is 0 Å². The van der Waals surface area contributed by atoms with Gasteiger partial charge in [0.15, 0.2) is 5.11 Å². The highest BCUT2D eigenvalue weighted by molar-refractivity contribution is 7.80. The predicted octanol–water partition coefficient (Wildman–Crippen LogP) is 3.10. The van der Waals surface area contributed by atoms with Gasteiger partial charge in [-0.3, -0.25) is 14.9 Å². The molecule has 0 aliphatic carbocycles. The van der Waals surface area contributed by atoms with Crippen LogP contribution in [-0.2, 0) is 0 Å². The summed E-state index contributed by atoms with van der Waals surface area (Å²) in [7, 11) is 0. The van der Waals surface area contributed by atoms with Gasteiger partial charge in [0.05, 0.1) is 17.9 Å². The number of para-hydroxylation sites is 1. The summed E-state index contributed by atoms with van der Waals surface area (Å²) in [5.74, 6) is 0.0543. The quantitative estimate of drug-likeness (QED) is 0.342. The molecule has 7 nitrogen and oxygen atoms in total. The van der Waals surface area contributed by atoms with Crippen LogP contribution in [-0.4, -0.2) is 41.8 Å². The summed E-state index contributed by atoms with van der Waals surface area (Å²) in [4.78, 5) is 24.7. The van der Waals surface area contributed by atoms with Gasteiger partial charge in [-0.15, -0.1) is 0 Å². The molecule has 0 fully saturated rings. The third-order valence-electron chi connectivity index (χ3n) is 4.15. The molecule has 2 aromatic rings. The van der Waals surface area contributed by atoms with Crippen molar-refractivity contribution in [3.05, 3.63) is 59.7 Å². The van der Waals surface area contributed by atoms with Crippen molar-refractivity contribution < 1.29 is 19.4 Å². The van der Waals surface area contributed by atoms with Crippen LogP contribution in [0.2, 0.25) is 0 Å². The second kappa shape index (κ2) is 12.6. The average Bonchev–Trinajstić information content (AvgIpc) is 2.74. The molecule has 2 rings (SSSR count). The van der Waals surface area contributed by atoms with Crippen LogP contribution < -0.4 is 20.7 Å².